The van der Waals surface area contributed by atoms with Crippen molar-refractivity contribution in [3.8, 4) is 11.1 Å². The van der Waals surface area contributed by atoms with Gasteiger partial charge in [0.1, 0.15) is 4.32 Å². The molecule has 0 aromatic rings. The summed E-state index contributed by atoms with van der Waals surface area (Å²) in [7, 11) is 0. The second-order valence-electron chi connectivity index (χ2n) is 3.27. The highest BCUT2D eigenvalue weighted by Crippen LogP contribution is 2.32. The van der Waals surface area contributed by atoms with E-state index in [2.05, 4.69) is 41.8 Å². The van der Waals surface area contributed by atoms with E-state index in [0.29, 0.717) is 4.32 Å². The number of rotatable bonds is 1. The Kier molecular flexibility index (Phi) is 3.26. The summed E-state index contributed by atoms with van der Waals surface area (Å²) >= 11 is 5.58. The van der Waals surface area contributed by atoms with Gasteiger partial charge in [0, 0.05) is 6.08 Å². The van der Waals surface area contributed by atoms with Crippen molar-refractivity contribution in [2.45, 2.75) is 0 Å². The van der Waals surface area contributed by atoms with Crippen LogP contribution in [0.2, 0.25) is 0 Å². The van der Waals surface area contributed by atoms with Crippen LogP contribution in [0.3, 0.4) is 0 Å². The van der Waals surface area contributed by atoms with Crippen LogP contribution in [0.1, 0.15) is 0 Å². The second kappa shape index (κ2) is 4.68. The van der Waals surface area contributed by atoms with Crippen LogP contribution in [0.4, 0.5) is 0 Å². The fraction of sp³-hybridized carbons (Fsp3) is 0. The number of fused-ring (bicyclic) bond motifs is 1. The van der Waals surface area contributed by atoms with Crippen LogP contribution in [0.5, 0.6) is 0 Å². The third-order valence-electron chi connectivity index (χ3n) is 2.01. The van der Waals surface area contributed by atoms with Crippen LogP contribution in [0.25, 0.3) is 11.1 Å². The number of aliphatic carboxylic acids is 1. The molecule has 1 saturated heterocycles. The van der Waals surface area contributed by atoms with E-state index in [4.69, 9.17) is 5.11 Å². The van der Waals surface area contributed by atoms with Gasteiger partial charge in [-0.3, -0.25) is 4.79 Å². The van der Waals surface area contributed by atoms with Gasteiger partial charge < -0.3 is 10.4 Å². The summed E-state index contributed by atoms with van der Waals surface area (Å²) in [5, 5.41) is 10.6. The zero-order chi connectivity index (χ0) is 12.4. The van der Waals surface area contributed by atoms with Crippen LogP contribution in [0.15, 0.2) is 35.2 Å². The van der Waals surface area contributed by atoms with Gasteiger partial charge in [0.2, 0.25) is 0 Å². The Morgan fingerprint density at radius 2 is 2.06 bits per heavy atom. The Labute approximate surface area is 107 Å². The number of nitrogens with one attached hydrogen (secondary N) is 1. The molecule has 2 aliphatic carbocycles. The first-order valence-electron chi connectivity index (χ1n) is 4.64. The van der Waals surface area contributed by atoms with Crippen molar-refractivity contribution in [2.24, 2.45) is 0 Å². The number of amides is 1. The fourth-order valence-corrected chi connectivity index (χ4v) is 2.22. The number of thiocarbonyl (C=S) groups is 1. The number of carbonyl (C=O) groups excluding carboxylic acids is 1. The summed E-state index contributed by atoms with van der Waals surface area (Å²) in [6.07, 6.45) is 0.833. The molecule has 0 radical (unpaired) electrons. The summed E-state index contributed by atoms with van der Waals surface area (Å²) in [6, 6.07) is 8.48. The second-order valence-corrected chi connectivity index (χ2v) is 4.99. The minimum absolute atomic E-state index is 0.127. The van der Waals surface area contributed by atoms with Crippen LogP contribution in [0, 0.1) is 0 Å². The lowest BCUT2D eigenvalue weighted by Crippen LogP contribution is -2.18. The van der Waals surface area contributed by atoms with Gasteiger partial charge >= 0.3 is 5.97 Å². The molecule has 1 aliphatic heterocycles. The SMILES string of the molecule is O=C(O)C=C1SC(=S)NC1=O.c1cc2cc-2c1. The molecule has 0 atom stereocenters. The van der Waals surface area contributed by atoms with Gasteiger partial charge in [-0.15, -0.1) is 0 Å². The molecule has 6 heteroatoms. The predicted molar refractivity (Wildman–Crippen MR) is 69.5 cm³/mol. The molecule has 0 spiro atoms. The molecule has 86 valence electrons. The minimum atomic E-state index is -1.15. The van der Waals surface area contributed by atoms with E-state index in [-0.39, 0.29) is 4.91 Å². The van der Waals surface area contributed by atoms with E-state index in [1.165, 1.54) is 11.1 Å². The van der Waals surface area contributed by atoms with Gasteiger partial charge in [0.25, 0.3) is 5.91 Å². The third-order valence-corrected chi connectivity index (χ3v) is 3.17. The molecular weight excluding hydrogens is 258 g/mol. The van der Waals surface area contributed by atoms with Gasteiger partial charge in [0.05, 0.1) is 4.91 Å². The number of hydrogen-bond donors (Lipinski definition) is 2. The Balaban J connectivity index is 0.000000148. The zero-order valence-electron chi connectivity index (χ0n) is 8.47. The molecule has 0 bridgehead atoms. The third kappa shape index (κ3) is 3.15. The predicted octanol–water partition coefficient (Wildman–Crippen LogP) is 1.77. The van der Waals surface area contributed by atoms with Crippen LogP contribution >= 0.6 is 24.0 Å². The van der Waals surface area contributed by atoms with E-state index in [1.807, 2.05) is 0 Å². The number of thioether (sulfide) groups is 1. The summed E-state index contributed by atoms with van der Waals surface area (Å²) in [5.41, 5.74) is 2.85. The number of hydrogen-bond acceptors (Lipinski definition) is 4. The van der Waals surface area contributed by atoms with Crippen molar-refractivity contribution >= 4 is 40.2 Å². The number of benzene rings is 1. The van der Waals surface area contributed by atoms with Crippen molar-refractivity contribution in [3.05, 3.63) is 35.2 Å². The maximum atomic E-state index is 10.8. The molecule has 0 unspecified atom stereocenters. The standard InChI is InChI=1S/C6H4.C5H3NO3S2/c1-2-5-4-6(5)3-1;7-3(8)1-2-4(9)6-5(10)11-2/h1-4H;1H,(H,7,8)(H,6,9,10). The fourth-order valence-electron chi connectivity index (χ4n) is 1.21. The highest BCUT2D eigenvalue weighted by atomic mass is 32.2. The summed E-state index contributed by atoms with van der Waals surface area (Å²) in [5.74, 6) is -1.59. The Morgan fingerprint density at radius 1 is 1.41 bits per heavy atom. The lowest BCUT2D eigenvalue weighted by molar-refractivity contribution is -0.131. The van der Waals surface area contributed by atoms with Crippen molar-refractivity contribution < 1.29 is 14.7 Å². The van der Waals surface area contributed by atoms with Gasteiger partial charge in [-0.25, -0.2) is 4.79 Å². The van der Waals surface area contributed by atoms with E-state index < -0.39 is 11.9 Å². The Morgan fingerprint density at radius 3 is 2.35 bits per heavy atom. The Bertz CT molecular complexity index is 534. The molecule has 3 rings (SSSR count). The van der Waals surface area contributed by atoms with Crippen LogP contribution < -0.4 is 5.32 Å². The smallest absolute Gasteiger partial charge is 0.329 e. The average Bonchev–Trinajstić information content (AvgIpc) is 2.70. The van der Waals surface area contributed by atoms with E-state index in [9.17, 15) is 9.59 Å². The first-order valence-corrected chi connectivity index (χ1v) is 5.87. The largest absolute Gasteiger partial charge is 0.478 e. The van der Waals surface area contributed by atoms with Gasteiger partial charge in [-0.2, -0.15) is 0 Å². The molecule has 0 aromatic heterocycles. The first kappa shape index (κ1) is 11.8. The lowest BCUT2D eigenvalue weighted by atomic mass is 10.5. The average molecular weight is 265 g/mol. The first-order chi connectivity index (χ1) is 8.06. The van der Waals surface area contributed by atoms with Crippen molar-refractivity contribution in [1.82, 2.24) is 5.32 Å². The van der Waals surface area contributed by atoms with Crippen LogP contribution in [-0.2, 0) is 9.59 Å². The molecule has 3 aliphatic rings. The van der Waals surface area contributed by atoms with Gasteiger partial charge in [-0.05, 0) is 17.2 Å². The van der Waals surface area contributed by atoms with E-state index in [0.717, 1.165) is 17.8 Å². The minimum Gasteiger partial charge on any atom is -0.478 e. The molecule has 1 heterocycles. The number of carbonyl (C=O) groups is 2. The molecule has 0 saturated carbocycles. The quantitative estimate of drug-likeness (QED) is 0.607. The maximum absolute atomic E-state index is 10.8. The molecule has 2 N–H and O–H groups in total. The monoisotopic (exact) mass is 265 g/mol. The Hall–Kier alpha value is -1.66. The topological polar surface area (TPSA) is 66.4 Å². The highest BCUT2D eigenvalue weighted by molar-refractivity contribution is 8.26. The highest BCUT2D eigenvalue weighted by Gasteiger charge is 2.22. The van der Waals surface area contributed by atoms with E-state index >= 15 is 0 Å². The van der Waals surface area contributed by atoms with Gasteiger partial charge in [0.15, 0.2) is 0 Å². The molecule has 4 nitrogen and oxygen atoms in total. The van der Waals surface area contributed by atoms with Crippen molar-refractivity contribution in [1.29, 1.82) is 0 Å². The summed E-state index contributed by atoms with van der Waals surface area (Å²) in [4.78, 5) is 21.0. The number of carboxylic acid groups (broad SMARTS) is 1. The van der Waals surface area contributed by atoms with Crippen molar-refractivity contribution in [2.75, 3.05) is 0 Å². The molecule has 1 amide bonds. The zero-order valence-corrected chi connectivity index (χ0v) is 10.1. The lowest BCUT2D eigenvalue weighted by Gasteiger charge is -1.84. The molecule has 0 aromatic carbocycles. The van der Waals surface area contributed by atoms with E-state index in [1.54, 1.807) is 0 Å². The normalized spacial score (nSPS) is 17.3. The summed E-state index contributed by atoms with van der Waals surface area (Å²) < 4.78 is 0.294. The van der Waals surface area contributed by atoms with Gasteiger partial charge in [-0.1, -0.05) is 42.2 Å². The maximum Gasteiger partial charge on any atom is 0.329 e. The number of carboxylic acids is 1. The van der Waals surface area contributed by atoms with Crippen LogP contribution in [-0.4, -0.2) is 21.3 Å². The molecular formula is C11H7NO3S2. The molecule has 1 fully saturated rings. The summed E-state index contributed by atoms with van der Waals surface area (Å²) in [6.45, 7) is 0. The molecule has 17 heavy (non-hydrogen) atoms. The van der Waals surface area contributed by atoms with Crippen molar-refractivity contribution in [3.63, 3.8) is 0 Å².